The van der Waals surface area contributed by atoms with Crippen LogP contribution in [-0.2, 0) is 17.9 Å². The van der Waals surface area contributed by atoms with Crippen molar-refractivity contribution in [1.82, 2.24) is 14.5 Å². The molecule has 0 aliphatic heterocycles. The van der Waals surface area contributed by atoms with Gasteiger partial charge in [0.15, 0.2) is 0 Å². The largest absolute Gasteiger partial charge is 0.349 e. The van der Waals surface area contributed by atoms with Crippen LogP contribution < -0.4 is 11.0 Å². The van der Waals surface area contributed by atoms with Gasteiger partial charge in [0.05, 0.1) is 17.1 Å². The summed E-state index contributed by atoms with van der Waals surface area (Å²) in [5.74, 6) is -1.68. The number of carbonyl (C=O) groups excluding carboxylic acids is 1. The molecule has 3 rings (SSSR count). The van der Waals surface area contributed by atoms with Crippen LogP contribution in [0.3, 0.4) is 0 Å². The number of nitrogens with zero attached hydrogens (tertiary/aromatic N) is 2. The number of rotatable bonds is 6. The molecule has 0 aliphatic rings. The molecule has 3 aromatic rings. The molecule has 7 heteroatoms. The Hall–Kier alpha value is -2.96. The van der Waals surface area contributed by atoms with Gasteiger partial charge < -0.3 is 5.32 Å². The molecule has 0 radical (unpaired) electrons. The second-order valence-electron chi connectivity index (χ2n) is 6.37. The predicted octanol–water partition coefficient (Wildman–Crippen LogP) is 3.37. The lowest BCUT2D eigenvalue weighted by atomic mass is 10.1. The highest BCUT2D eigenvalue weighted by Gasteiger charge is 2.16. The van der Waals surface area contributed by atoms with Gasteiger partial charge in [0, 0.05) is 31.1 Å². The summed E-state index contributed by atoms with van der Waals surface area (Å²) in [5, 5.41) is 2.69. The average molecular weight is 373 g/mol. The van der Waals surface area contributed by atoms with Gasteiger partial charge >= 0.3 is 5.69 Å². The zero-order valence-corrected chi connectivity index (χ0v) is 15.2. The van der Waals surface area contributed by atoms with Gasteiger partial charge in [0.2, 0.25) is 5.91 Å². The van der Waals surface area contributed by atoms with Crippen molar-refractivity contribution in [2.24, 2.45) is 0 Å². The first-order chi connectivity index (χ1) is 12.9. The summed E-state index contributed by atoms with van der Waals surface area (Å²) in [6.45, 7) is 4.28. The smallest absolute Gasteiger partial charge is 0.329 e. The standard InChI is InChI=1S/C20H21F2N3O2/c1-3-24-17-6-4-5-7-18(17)25(20(24)27)11-10-19(26)23-13(2)15-9-8-14(21)12-16(15)22/h4-9,12-13H,3,10-11H2,1-2H3,(H,23,26)/t13-/m0/s1. The van der Waals surface area contributed by atoms with Gasteiger partial charge in [-0.2, -0.15) is 0 Å². The van der Waals surface area contributed by atoms with Crippen molar-refractivity contribution >= 4 is 16.9 Å². The minimum absolute atomic E-state index is 0.0742. The van der Waals surface area contributed by atoms with Crippen LogP contribution in [0.15, 0.2) is 47.3 Å². The van der Waals surface area contributed by atoms with Crippen LogP contribution in [0.4, 0.5) is 8.78 Å². The van der Waals surface area contributed by atoms with Crippen molar-refractivity contribution in [3.63, 3.8) is 0 Å². The lowest BCUT2D eigenvalue weighted by Crippen LogP contribution is -2.30. The highest BCUT2D eigenvalue weighted by Crippen LogP contribution is 2.18. The fraction of sp³-hybridized carbons (Fsp3) is 0.300. The maximum atomic E-state index is 13.8. The third-order valence-electron chi connectivity index (χ3n) is 4.61. The number of fused-ring (bicyclic) bond motifs is 1. The third kappa shape index (κ3) is 3.77. The van der Waals surface area contributed by atoms with E-state index in [1.807, 2.05) is 31.2 Å². The normalized spacial score (nSPS) is 12.3. The zero-order valence-electron chi connectivity index (χ0n) is 15.2. The Morgan fingerprint density at radius 3 is 2.41 bits per heavy atom. The van der Waals surface area contributed by atoms with Crippen LogP contribution in [-0.4, -0.2) is 15.0 Å². The molecule has 0 saturated carbocycles. The third-order valence-corrected chi connectivity index (χ3v) is 4.61. The van der Waals surface area contributed by atoms with Crippen molar-refractivity contribution < 1.29 is 13.6 Å². The summed E-state index contributed by atoms with van der Waals surface area (Å²) < 4.78 is 30.1. The Balaban J connectivity index is 1.72. The molecular weight excluding hydrogens is 352 g/mol. The molecule has 0 fully saturated rings. The summed E-state index contributed by atoms with van der Waals surface area (Å²) in [4.78, 5) is 24.8. The van der Waals surface area contributed by atoms with E-state index in [4.69, 9.17) is 0 Å². The molecule has 1 atom stereocenters. The molecule has 0 bridgehead atoms. The van der Waals surface area contributed by atoms with Crippen molar-refractivity contribution in [3.05, 3.63) is 70.1 Å². The number of amides is 1. The fourth-order valence-electron chi connectivity index (χ4n) is 3.25. The molecule has 1 heterocycles. The Morgan fingerprint density at radius 2 is 1.78 bits per heavy atom. The molecular formula is C20H21F2N3O2. The maximum Gasteiger partial charge on any atom is 0.329 e. The predicted molar refractivity (Wildman–Crippen MR) is 99.4 cm³/mol. The van der Waals surface area contributed by atoms with Gasteiger partial charge in [0.1, 0.15) is 11.6 Å². The Morgan fingerprint density at radius 1 is 1.11 bits per heavy atom. The Labute approximate surface area is 155 Å². The minimum atomic E-state index is -0.704. The average Bonchev–Trinajstić information content (AvgIpc) is 2.90. The first kappa shape index (κ1) is 18.8. The molecule has 142 valence electrons. The number of carbonyl (C=O) groups is 1. The molecule has 0 unspecified atom stereocenters. The van der Waals surface area contributed by atoms with E-state index in [0.29, 0.717) is 6.54 Å². The minimum Gasteiger partial charge on any atom is -0.349 e. The van der Waals surface area contributed by atoms with Gasteiger partial charge in [-0.1, -0.05) is 18.2 Å². The summed E-state index contributed by atoms with van der Waals surface area (Å²) in [6.07, 6.45) is 0.0742. The van der Waals surface area contributed by atoms with E-state index < -0.39 is 17.7 Å². The first-order valence-corrected chi connectivity index (χ1v) is 8.84. The molecule has 1 aromatic heterocycles. The van der Waals surface area contributed by atoms with Crippen LogP contribution in [0.25, 0.3) is 11.0 Å². The fourth-order valence-corrected chi connectivity index (χ4v) is 3.25. The van der Waals surface area contributed by atoms with Crippen molar-refractivity contribution in [2.45, 2.75) is 39.4 Å². The monoisotopic (exact) mass is 373 g/mol. The number of hydrogen-bond donors (Lipinski definition) is 1. The van der Waals surface area contributed by atoms with E-state index >= 15 is 0 Å². The SMILES string of the molecule is CCn1c(=O)n(CCC(=O)N[C@@H](C)c2ccc(F)cc2F)c2ccccc21. The molecule has 0 aliphatic carbocycles. The Kier molecular flexibility index (Phi) is 5.39. The van der Waals surface area contributed by atoms with Crippen molar-refractivity contribution in [2.75, 3.05) is 0 Å². The molecule has 1 amide bonds. The number of benzene rings is 2. The number of imidazole rings is 1. The van der Waals surface area contributed by atoms with Crippen LogP contribution >= 0.6 is 0 Å². The van der Waals surface area contributed by atoms with Crippen LogP contribution in [0, 0.1) is 11.6 Å². The van der Waals surface area contributed by atoms with Gasteiger partial charge in [-0.3, -0.25) is 13.9 Å². The molecule has 27 heavy (non-hydrogen) atoms. The number of aryl methyl sites for hydroxylation is 2. The Bertz CT molecular complexity index is 1040. The summed E-state index contributed by atoms with van der Waals surface area (Å²) in [5.41, 5.74) is 1.65. The number of halogens is 2. The van der Waals surface area contributed by atoms with E-state index in [0.717, 1.165) is 23.2 Å². The topological polar surface area (TPSA) is 56.0 Å². The summed E-state index contributed by atoms with van der Waals surface area (Å²) in [7, 11) is 0. The van der Waals surface area contributed by atoms with Gasteiger partial charge in [-0.05, 0) is 32.0 Å². The molecule has 0 spiro atoms. The van der Waals surface area contributed by atoms with E-state index in [2.05, 4.69) is 5.32 Å². The van der Waals surface area contributed by atoms with E-state index in [1.54, 1.807) is 16.1 Å². The number of hydrogen-bond acceptors (Lipinski definition) is 2. The lowest BCUT2D eigenvalue weighted by molar-refractivity contribution is -0.121. The number of para-hydroxylation sites is 2. The molecule has 0 saturated heterocycles. The van der Waals surface area contributed by atoms with E-state index in [-0.39, 0.29) is 30.1 Å². The second kappa shape index (κ2) is 7.73. The van der Waals surface area contributed by atoms with Crippen LogP contribution in [0.1, 0.15) is 31.9 Å². The summed E-state index contributed by atoms with van der Waals surface area (Å²) >= 11 is 0. The highest BCUT2D eigenvalue weighted by atomic mass is 19.1. The first-order valence-electron chi connectivity index (χ1n) is 8.84. The number of aromatic nitrogens is 2. The van der Waals surface area contributed by atoms with E-state index in [1.165, 1.54) is 6.07 Å². The van der Waals surface area contributed by atoms with Crippen LogP contribution in [0.2, 0.25) is 0 Å². The molecule has 5 nitrogen and oxygen atoms in total. The van der Waals surface area contributed by atoms with Crippen molar-refractivity contribution in [1.29, 1.82) is 0 Å². The van der Waals surface area contributed by atoms with Crippen molar-refractivity contribution in [3.8, 4) is 0 Å². The number of nitrogens with one attached hydrogen (secondary N) is 1. The molecule has 2 aromatic carbocycles. The highest BCUT2D eigenvalue weighted by molar-refractivity contribution is 5.78. The van der Waals surface area contributed by atoms with Gasteiger partial charge in [0.25, 0.3) is 0 Å². The quantitative estimate of drug-likeness (QED) is 0.720. The van der Waals surface area contributed by atoms with E-state index in [9.17, 15) is 18.4 Å². The second-order valence-corrected chi connectivity index (χ2v) is 6.37. The lowest BCUT2D eigenvalue weighted by Gasteiger charge is -2.15. The van der Waals surface area contributed by atoms with Gasteiger partial charge in [-0.25, -0.2) is 13.6 Å². The van der Waals surface area contributed by atoms with Gasteiger partial charge in [-0.15, -0.1) is 0 Å². The van der Waals surface area contributed by atoms with Crippen LogP contribution in [0.5, 0.6) is 0 Å². The molecule has 1 N–H and O–H groups in total. The summed E-state index contributed by atoms with van der Waals surface area (Å²) in [6, 6.07) is 10.1. The zero-order chi connectivity index (χ0) is 19.6. The maximum absolute atomic E-state index is 13.8.